The van der Waals surface area contributed by atoms with Gasteiger partial charge in [0.2, 0.25) is 11.8 Å². The Morgan fingerprint density at radius 2 is 2.11 bits per heavy atom. The maximum absolute atomic E-state index is 12.8. The number of methoxy groups -OCH3 is 1. The van der Waals surface area contributed by atoms with Crippen LogP contribution in [-0.4, -0.2) is 36.5 Å². The molecule has 0 radical (unpaired) electrons. The summed E-state index contributed by atoms with van der Waals surface area (Å²) < 4.78 is 5.17. The Morgan fingerprint density at radius 1 is 1.30 bits per heavy atom. The molecule has 0 aliphatic carbocycles. The van der Waals surface area contributed by atoms with Crippen molar-refractivity contribution in [1.82, 2.24) is 4.98 Å². The van der Waals surface area contributed by atoms with Crippen LogP contribution in [0.15, 0.2) is 36.5 Å². The van der Waals surface area contributed by atoms with Crippen LogP contribution in [0.5, 0.6) is 5.88 Å². The van der Waals surface area contributed by atoms with Gasteiger partial charge in [-0.2, -0.15) is 0 Å². The van der Waals surface area contributed by atoms with Crippen molar-refractivity contribution in [3.8, 4) is 5.88 Å². The number of pyridine rings is 1. The molecule has 1 atom stereocenters. The third-order valence-electron chi connectivity index (χ3n) is 4.85. The number of rotatable bonds is 5. The van der Waals surface area contributed by atoms with Gasteiger partial charge in [0, 0.05) is 24.3 Å². The largest absolute Gasteiger partial charge is 0.480 e. The summed E-state index contributed by atoms with van der Waals surface area (Å²) in [5.41, 5.74) is 7.53. The van der Waals surface area contributed by atoms with Crippen molar-refractivity contribution in [1.29, 1.82) is 0 Å². The average Bonchev–Trinajstić information content (AvgIpc) is 2.68. The molecule has 1 aliphatic rings. The Labute approximate surface area is 158 Å². The Kier molecular flexibility index (Phi) is 5.59. The minimum atomic E-state index is -0.539. The van der Waals surface area contributed by atoms with E-state index < -0.39 is 5.91 Å². The van der Waals surface area contributed by atoms with Crippen molar-refractivity contribution in [2.45, 2.75) is 32.2 Å². The summed E-state index contributed by atoms with van der Waals surface area (Å²) in [6, 6.07) is 8.83. The number of primary amides is 1. The summed E-state index contributed by atoms with van der Waals surface area (Å²) in [5, 5.41) is 2.91. The quantitative estimate of drug-likeness (QED) is 0.846. The van der Waals surface area contributed by atoms with Crippen LogP contribution in [-0.2, 0) is 0 Å². The number of carbonyl (C=O) groups is 2. The standard InChI is InChI=1S/C20H24N4O3/c1-13-6-3-4-11-24(13)17-9-8-14(18(21)25)12-16(17)23-19(26)15-7-5-10-22-20(15)27-2/h5,7-10,12-13H,3-4,6,11H2,1-2H3,(H2,21,25)(H,23,26)/t13-/m0/s1. The van der Waals surface area contributed by atoms with Gasteiger partial charge in [0.1, 0.15) is 5.56 Å². The second-order valence-corrected chi connectivity index (χ2v) is 6.65. The van der Waals surface area contributed by atoms with Crippen molar-refractivity contribution in [2.24, 2.45) is 5.73 Å². The van der Waals surface area contributed by atoms with E-state index in [-0.39, 0.29) is 11.8 Å². The number of hydrogen-bond acceptors (Lipinski definition) is 5. The number of nitrogens with one attached hydrogen (secondary N) is 1. The third-order valence-corrected chi connectivity index (χ3v) is 4.85. The zero-order valence-electron chi connectivity index (χ0n) is 15.6. The number of piperidine rings is 1. The molecular formula is C20H24N4O3. The Balaban J connectivity index is 1.97. The van der Waals surface area contributed by atoms with E-state index in [9.17, 15) is 9.59 Å². The summed E-state index contributed by atoms with van der Waals surface area (Å²) >= 11 is 0. The maximum atomic E-state index is 12.8. The lowest BCUT2D eigenvalue weighted by Crippen LogP contribution is -2.38. The van der Waals surface area contributed by atoms with Gasteiger partial charge < -0.3 is 20.7 Å². The Morgan fingerprint density at radius 3 is 2.81 bits per heavy atom. The molecule has 142 valence electrons. The molecule has 7 nitrogen and oxygen atoms in total. The summed E-state index contributed by atoms with van der Waals surface area (Å²) in [7, 11) is 1.47. The molecule has 2 heterocycles. The topological polar surface area (TPSA) is 97.5 Å². The predicted molar refractivity (Wildman–Crippen MR) is 104 cm³/mol. The summed E-state index contributed by atoms with van der Waals surface area (Å²) in [6.07, 6.45) is 4.92. The van der Waals surface area contributed by atoms with Gasteiger partial charge in [-0.25, -0.2) is 4.98 Å². The molecule has 1 aliphatic heterocycles. The van der Waals surface area contributed by atoms with Crippen molar-refractivity contribution < 1.29 is 14.3 Å². The number of nitrogens with two attached hydrogens (primary N) is 1. The first kappa shape index (κ1) is 18.7. The molecule has 1 saturated heterocycles. The number of nitrogens with zero attached hydrogens (tertiary/aromatic N) is 2. The molecule has 2 aromatic rings. The summed E-state index contributed by atoms with van der Waals surface area (Å²) in [6.45, 7) is 3.06. The lowest BCUT2D eigenvalue weighted by atomic mass is 10.0. The van der Waals surface area contributed by atoms with Gasteiger partial charge in [0.15, 0.2) is 0 Å². The minimum absolute atomic E-state index is 0.244. The normalized spacial score (nSPS) is 16.7. The van der Waals surface area contributed by atoms with Gasteiger partial charge in [-0.3, -0.25) is 9.59 Å². The lowest BCUT2D eigenvalue weighted by molar-refractivity contribution is 0.0995. The van der Waals surface area contributed by atoms with E-state index in [1.54, 1.807) is 30.5 Å². The highest BCUT2D eigenvalue weighted by molar-refractivity contribution is 6.08. The highest BCUT2D eigenvalue weighted by Crippen LogP contribution is 2.33. The zero-order chi connectivity index (χ0) is 19.4. The number of benzene rings is 1. The van der Waals surface area contributed by atoms with Crippen LogP contribution in [0.3, 0.4) is 0 Å². The number of ether oxygens (including phenoxy) is 1. The van der Waals surface area contributed by atoms with Crippen LogP contribution in [0.2, 0.25) is 0 Å². The second-order valence-electron chi connectivity index (χ2n) is 6.65. The van der Waals surface area contributed by atoms with Crippen LogP contribution in [0.25, 0.3) is 0 Å². The molecule has 3 rings (SSSR count). The van der Waals surface area contributed by atoms with E-state index in [0.717, 1.165) is 25.1 Å². The van der Waals surface area contributed by atoms with E-state index in [1.807, 2.05) is 6.07 Å². The Bertz CT molecular complexity index is 853. The second kappa shape index (κ2) is 8.07. The van der Waals surface area contributed by atoms with E-state index in [2.05, 4.69) is 22.1 Å². The SMILES string of the molecule is COc1ncccc1C(=O)Nc1cc(C(N)=O)ccc1N1CCCC[C@@H]1C. The highest BCUT2D eigenvalue weighted by Gasteiger charge is 2.23. The number of anilines is 2. The Hall–Kier alpha value is -3.09. The highest BCUT2D eigenvalue weighted by atomic mass is 16.5. The molecule has 2 amide bonds. The smallest absolute Gasteiger partial charge is 0.261 e. The fraction of sp³-hybridized carbons (Fsp3) is 0.350. The molecule has 0 saturated carbocycles. The van der Waals surface area contributed by atoms with Crippen molar-refractivity contribution in [3.63, 3.8) is 0 Å². The molecular weight excluding hydrogens is 344 g/mol. The van der Waals surface area contributed by atoms with Crippen molar-refractivity contribution in [3.05, 3.63) is 47.7 Å². The summed E-state index contributed by atoms with van der Waals surface area (Å²) in [4.78, 5) is 30.8. The van der Waals surface area contributed by atoms with Crippen LogP contribution < -0.4 is 20.7 Å². The van der Waals surface area contributed by atoms with Gasteiger partial charge in [0.25, 0.3) is 5.91 Å². The molecule has 0 bridgehead atoms. The average molecular weight is 368 g/mol. The van der Waals surface area contributed by atoms with Gasteiger partial charge in [-0.15, -0.1) is 0 Å². The molecule has 1 fully saturated rings. The first-order chi connectivity index (χ1) is 13.0. The molecule has 0 spiro atoms. The number of aromatic nitrogens is 1. The lowest BCUT2D eigenvalue weighted by Gasteiger charge is -2.36. The molecule has 1 aromatic carbocycles. The number of hydrogen-bond donors (Lipinski definition) is 2. The van der Waals surface area contributed by atoms with Gasteiger partial charge in [0.05, 0.1) is 18.5 Å². The first-order valence-corrected chi connectivity index (χ1v) is 9.02. The zero-order valence-corrected chi connectivity index (χ0v) is 15.6. The van der Waals surface area contributed by atoms with E-state index >= 15 is 0 Å². The fourth-order valence-electron chi connectivity index (χ4n) is 3.41. The fourth-order valence-corrected chi connectivity index (χ4v) is 3.41. The first-order valence-electron chi connectivity index (χ1n) is 9.02. The van der Waals surface area contributed by atoms with Crippen LogP contribution in [0.1, 0.15) is 46.9 Å². The van der Waals surface area contributed by atoms with Crippen LogP contribution >= 0.6 is 0 Å². The van der Waals surface area contributed by atoms with Crippen LogP contribution in [0, 0.1) is 0 Å². The monoisotopic (exact) mass is 368 g/mol. The number of amides is 2. The molecule has 7 heteroatoms. The number of carbonyl (C=O) groups excluding carboxylic acids is 2. The minimum Gasteiger partial charge on any atom is -0.480 e. The molecule has 0 unspecified atom stereocenters. The van der Waals surface area contributed by atoms with Gasteiger partial charge in [-0.05, 0) is 56.5 Å². The molecule has 3 N–H and O–H groups in total. The maximum Gasteiger partial charge on any atom is 0.261 e. The van der Waals surface area contributed by atoms with Crippen LogP contribution in [0.4, 0.5) is 11.4 Å². The van der Waals surface area contributed by atoms with E-state index in [1.165, 1.54) is 13.5 Å². The summed E-state index contributed by atoms with van der Waals surface area (Å²) in [5.74, 6) is -0.649. The van der Waals surface area contributed by atoms with Crippen molar-refractivity contribution in [2.75, 3.05) is 23.9 Å². The predicted octanol–water partition coefficient (Wildman–Crippen LogP) is 2.82. The van der Waals surface area contributed by atoms with Crippen molar-refractivity contribution >= 4 is 23.2 Å². The van der Waals surface area contributed by atoms with Gasteiger partial charge in [-0.1, -0.05) is 0 Å². The van der Waals surface area contributed by atoms with E-state index in [0.29, 0.717) is 22.9 Å². The third kappa shape index (κ3) is 4.02. The van der Waals surface area contributed by atoms with E-state index in [4.69, 9.17) is 10.5 Å². The molecule has 1 aromatic heterocycles. The molecule has 27 heavy (non-hydrogen) atoms. The van der Waals surface area contributed by atoms with Gasteiger partial charge >= 0.3 is 0 Å².